The Labute approximate surface area is 226 Å². The third-order valence-corrected chi connectivity index (χ3v) is 4.83. The minimum atomic E-state index is -1.06. The van der Waals surface area contributed by atoms with Crippen molar-refractivity contribution in [2.24, 2.45) is 0 Å². The van der Waals surface area contributed by atoms with Crippen LogP contribution in [-0.2, 0) is 47.7 Å². The highest BCUT2D eigenvalue weighted by atomic mass is 16.5. The molecule has 16 heteroatoms. The van der Waals surface area contributed by atoms with Crippen molar-refractivity contribution in [1.82, 2.24) is 21.3 Å². The number of nitrogens with one attached hydrogen (secondary N) is 4. The van der Waals surface area contributed by atoms with Gasteiger partial charge in [-0.05, 0) is 19.9 Å². The minimum absolute atomic E-state index is 0.00286. The van der Waals surface area contributed by atoms with Crippen LogP contribution in [0.1, 0.15) is 25.7 Å². The van der Waals surface area contributed by atoms with Gasteiger partial charge in [0.25, 0.3) is 0 Å². The summed E-state index contributed by atoms with van der Waals surface area (Å²) < 4.78 is 20.8. The molecule has 0 saturated heterocycles. The van der Waals surface area contributed by atoms with E-state index in [4.69, 9.17) is 29.2 Å². The van der Waals surface area contributed by atoms with Crippen LogP contribution in [0.2, 0.25) is 0 Å². The smallest absolute Gasteiger partial charge is 0.320 e. The van der Waals surface area contributed by atoms with E-state index in [9.17, 15) is 28.8 Å². The summed E-state index contributed by atoms with van der Waals surface area (Å²) in [4.78, 5) is 67.2. The highest BCUT2D eigenvalue weighted by Crippen LogP contribution is 1.97. The Kier molecular flexibility index (Phi) is 22.0. The molecule has 0 radical (unpaired) electrons. The quantitative estimate of drug-likeness (QED) is 0.0464. The van der Waals surface area contributed by atoms with Crippen LogP contribution in [-0.4, -0.2) is 131 Å². The average Bonchev–Trinajstić information content (AvgIpc) is 2.89. The Hall–Kier alpha value is -3.18. The molecule has 6 N–H and O–H groups in total. The molecule has 0 bridgehead atoms. The first-order valence-electron chi connectivity index (χ1n) is 12.4. The van der Waals surface area contributed by atoms with Gasteiger partial charge in [-0.1, -0.05) is 0 Å². The number of likely N-dealkylation sites (N-methyl/N-ethyl adjacent to an activating group) is 1. The predicted molar refractivity (Wildman–Crippen MR) is 134 cm³/mol. The fraction of sp³-hybridized carbons (Fsp3) is 0.739. The maximum absolute atomic E-state index is 11.7. The Bertz CT molecular complexity index is 753. The summed E-state index contributed by atoms with van der Waals surface area (Å²) in [6, 6.07) is -1.66. The first-order chi connectivity index (χ1) is 18.7. The number of rotatable bonds is 26. The summed E-state index contributed by atoms with van der Waals surface area (Å²) >= 11 is 0. The van der Waals surface area contributed by atoms with Crippen LogP contribution >= 0.6 is 0 Å². The number of carbonyl (C=O) groups is 6. The van der Waals surface area contributed by atoms with Crippen molar-refractivity contribution in [1.29, 1.82) is 0 Å². The van der Waals surface area contributed by atoms with Crippen LogP contribution in [0.4, 0.5) is 0 Å². The van der Waals surface area contributed by atoms with Gasteiger partial charge in [-0.2, -0.15) is 0 Å². The molecule has 0 aliphatic carbocycles. The highest BCUT2D eigenvalue weighted by molar-refractivity contribution is 5.81. The number of ether oxygens (including phenoxy) is 4. The van der Waals surface area contributed by atoms with Gasteiger partial charge in [-0.3, -0.25) is 24.0 Å². The average molecular weight is 565 g/mol. The Morgan fingerprint density at radius 1 is 0.718 bits per heavy atom. The molecule has 0 aliphatic rings. The summed E-state index contributed by atoms with van der Waals surface area (Å²) in [5.74, 6) is -3.23. The number of carboxylic acid groups (broad SMARTS) is 2. The molecule has 0 aromatic heterocycles. The van der Waals surface area contributed by atoms with Gasteiger partial charge >= 0.3 is 11.9 Å². The van der Waals surface area contributed by atoms with Gasteiger partial charge in [0.2, 0.25) is 17.7 Å². The van der Waals surface area contributed by atoms with E-state index >= 15 is 0 Å². The van der Waals surface area contributed by atoms with E-state index in [0.29, 0.717) is 6.29 Å². The lowest BCUT2D eigenvalue weighted by Gasteiger charge is -2.12. The van der Waals surface area contributed by atoms with E-state index in [1.54, 1.807) is 0 Å². The van der Waals surface area contributed by atoms with E-state index in [1.807, 2.05) is 0 Å². The fourth-order valence-corrected chi connectivity index (χ4v) is 2.80. The second-order valence-electron chi connectivity index (χ2n) is 7.99. The minimum Gasteiger partial charge on any atom is -0.481 e. The van der Waals surface area contributed by atoms with Crippen LogP contribution in [0.25, 0.3) is 0 Å². The summed E-state index contributed by atoms with van der Waals surface area (Å²) in [5, 5.41) is 27.7. The van der Waals surface area contributed by atoms with E-state index in [2.05, 4.69) is 21.3 Å². The van der Waals surface area contributed by atoms with Gasteiger partial charge in [-0.15, -0.1) is 0 Å². The SMILES string of the molecule is CN[C@@H](CCC(=O)NCCOCCOCC(=O)NCCOCCOCC(=O)NC(C=O)CCC(=O)O)C(=O)O. The first kappa shape index (κ1) is 35.8. The molecule has 39 heavy (non-hydrogen) atoms. The number of aldehydes is 1. The number of carbonyl (C=O) groups excluding carboxylic acids is 4. The molecule has 0 heterocycles. The van der Waals surface area contributed by atoms with Crippen LogP contribution in [0.15, 0.2) is 0 Å². The molecule has 3 amide bonds. The van der Waals surface area contributed by atoms with E-state index < -0.39 is 29.9 Å². The Morgan fingerprint density at radius 2 is 1.26 bits per heavy atom. The molecule has 0 fully saturated rings. The largest absolute Gasteiger partial charge is 0.481 e. The molecule has 224 valence electrons. The molecule has 1 unspecified atom stereocenters. The number of hydrogen-bond donors (Lipinski definition) is 6. The molecule has 2 atom stereocenters. The first-order valence-corrected chi connectivity index (χ1v) is 12.4. The van der Waals surface area contributed by atoms with Gasteiger partial charge < -0.3 is 55.2 Å². The van der Waals surface area contributed by atoms with Crippen molar-refractivity contribution in [2.75, 3.05) is 73.0 Å². The van der Waals surface area contributed by atoms with Gasteiger partial charge in [0.1, 0.15) is 25.5 Å². The zero-order valence-corrected chi connectivity index (χ0v) is 22.1. The molecule has 0 saturated carbocycles. The summed E-state index contributed by atoms with van der Waals surface area (Å²) in [5.41, 5.74) is 0. The second-order valence-corrected chi connectivity index (χ2v) is 7.99. The normalized spacial score (nSPS) is 12.2. The van der Waals surface area contributed by atoms with Crippen LogP contribution < -0.4 is 21.3 Å². The zero-order chi connectivity index (χ0) is 29.3. The summed E-state index contributed by atoms with van der Waals surface area (Å²) in [6.07, 6.45) is 0.487. The van der Waals surface area contributed by atoms with Gasteiger partial charge in [0.15, 0.2) is 0 Å². The second kappa shape index (κ2) is 23.9. The third-order valence-electron chi connectivity index (χ3n) is 4.83. The van der Waals surface area contributed by atoms with Crippen LogP contribution in [0, 0.1) is 0 Å². The van der Waals surface area contributed by atoms with Gasteiger partial charge in [0.05, 0.1) is 45.7 Å². The van der Waals surface area contributed by atoms with Gasteiger partial charge in [0, 0.05) is 25.9 Å². The molecule has 0 aromatic carbocycles. The standard InChI is InChI=1S/C23H40N4O12/c1-24-18(23(34)35)3-4-19(29)25-6-8-36-10-12-38-15-20(30)26-7-9-37-11-13-39-16-21(31)27-17(14-28)2-5-22(32)33/h14,17-18,24H,2-13,15-16H2,1H3,(H,25,29)(H,26,30)(H,27,31)(H,32,33)(H,34,35)/t17?,18-/m0/s1. The van der Waals surface area contributed by atoms with E-state index in [0.717, 1.165) is 0 Å². The van der Waals surface area contributed by atoms with Crippen molar-refractivity contribution >= 4 is 35.9 Å². The van der Waals surface area contributed by atoms with Crippen molar-refractivity contribution < 1.29 is 57.9 Å². The van der Waals surface area contributed by atoms with Crippen molar-refractivity contribution in [2.45, 2.75) is 37.8 Å². The van der Waals surface area contributed by atoms with Crippen LogP contribution in [0.3, 0.4) is 0 Å². The lowest BCUT2D eigenvalue weighted by molar-refractivity contribution is -0.140. The number of aliphatic carboxylic acids is 2. The fourth-order valence-electron chi connectivity index (χ4n) is 2.80. The van der Waals surface area contributed by atoms with Crippen LogP contribution in [0.5, 0.6) is 0 Å². The lowest BCUT2D eigenvalue weighted by atomic mass is 10.1. The molecular weight excluding hydrogens is 524 g/mol. The van der Waals surface area contributed by atoms with E-state index in [1.165, 1.54) is 7.05 Å². The molecular formula is C23H40N4O12. The maximum atomic E-state index is 11.7. The Morgan fingerprint density at radius 3 is 1.77 bits per heavy atom. The van der Waals surface area contributed by atoms with E-state index in [-0.39, 0.29) is 103 Å². The number of amides is 3. The van der Waals surface area contributed by atoms with Crippen molar-refractivity contribution in [3.8, 4) is 0 Å². The zero-order valence-electron chi connectivity index (χ0n) is 22.1. The van der Waals surface area contributed by atoms with Crippen molar-refractivity contribution in [3.63, 3.8) is 0 Å². The van der Waals surface area contributed by atoms with Crippen molar-refractivity contribution in [3.05, 3.63) is 0 Å². The molecule has 0 rings (SSSR count). The molecule has 0 aliphatic heterocycles. The number of hydrogen-bond acceptors (Lipinski definition) is 11. The highest BCUT2D eigenvalue weighted by Gasteiger charge is 2.16. The summed E-state index contributed by atoms with van der Waals surface area (Å²) in [7, 11) is 1.52. The van der Waals surface area contributed by atoms with Gasteiger partial charge in [-0.25, -0.2) is 0 Å². The monoisotopic (exact) mass is 564 g/mol. The predicted octanol–water partition coefficient (Wildman–Crippen LogP) is -2.71. The molecule has 0 aromatic rings. The topological polar surface area (TPSA) is 228 Å². The lowest BCUT2D eigenvalue weighted by Crippen LogP contribution is -2.38. The molecule has 0 spiro atoms. The summed E-state index contributed by atoms with van der Waals surface area (Å²) in [6.45, 7) is 1.18. The Balaban J connectivity index is 3.54. The molecule has 16 nitrogen and oxygen atoms in total. The maximum Gasteiger partial charge on any atom is 0.320 e. The number of carboxylic acids is 2. The third kappa shape index (κ3) is 22.5.